The monoisotopic (exact) mass is 217 g/mol. The van der Waals surface area contributed by atoms with Crippen molar-refractivity contribution in [1.29, 1.82) is 0 Å². The maximum Gasteiger partial charge on any atom is 0.112 e. The van der Waals surface area contributed by atoms with E-state index in [1.54, 1.807) is 0 Å². The fourth-order valence-corrected chi connectivity index (χ4v) is 2.07. The van der Waals surface area contributed by atoms with Gasteiger partial charge in [0, 0.05) is 6.04 Å². The van der Waals surface area contributed by atoms with Gasteiger partial charge in [0.05, 0.1) is 18.8 Å². The van der Waals surface area contributed by atoms with Crippen molar-refractivity contribution >= 4 is 0 Å². The van der Waals surface area contributed by atoms with Gasteiger partial charge >= 0.3 is 0 Å². The number of hydrogen-bond donors (Lipinski definition) is 1. The van der Waals surface area contributed by atoms with Crippen LogP contribution in [0.5, 0.6) is 0 Å². The SMILES string of the molecule is CCCC[C@H](CCC)NC1(CF)COC1. The molecule has 0 aromatic rings. The minimum atomic E-state index is -0.354. The summed E-state index contributed by atoms with van der Waals surface area (Å²) in [6.07, 6.45) is 5.89. The molecule has 1 heterocycles. The first-order valence-electron chi connectivity index (χ1n) is 6.17. The van der Waals surface area contributed by atoms with Crippen LogP contribution in [0.25, 0.3) is 0 Å². The van der Waals surface area contributed by atoms with E-state index in [1.807, 2.05) is 0 Å². The number of nitrogens with one attached hydrogen (secondary N) is 1. The van der Waals surface area contributed by atoms with Crippen LogP contribution in [-0.2, 0) is 4.74 Å². The molecular weight excluding hydrogens is 193 g/mol. The molecule has 1 fully saturated rings. The van der Waals surface area contributed by atoms with Crippen molar-refractivity contribution in [3.63, 3.8) is 0 Å². The van der Waals surface area contributed by atoms with Gasteiger partial charge in [0.1, 0.15) is 6.67 Å². The topological polar surface area (TPSA) is 21.3 Å². The van der Waals surface area contributed by atoms with Crippen molar-refractivity contribution < 1.29 is 9.13 Å². The second kappa shape index (κ2) is 6.44. The molecule has 2 nitrogen and oxygen atoms in total. The third-order valence-electron chi connectivity index (χ3n) is 3.07. The normalized spacial score (nSPS) is 21.0. The summed E-state index contributed by atoms with van der Waals surface area (Å²) in [5, 5.41) is 3.45. The lowest BCUT2D eigenvalue weighted by molar-refractivity contribution is -0.0902. The first-order chi connectivity index (χ1) is 7.26. The van der Waals surface area contributed by atoms with E-state index in [9.17, 15) is 4.39 Å². The van der Waals surface area contributed by atoms with Gasteiger partial charge in [-0.15, -0.1) is 0 Å². The van der Waals surface area contributed by atoms with Crippen molar-refractivity contribution in [1.82, 2.24) is 5.32 Å². The van der Waals surface area contributed by atoms with E-state index in [4.69, 9.17) is 4.74 Å². The zero-order chi connectivity index (χ0) is 11.1. The Balaban J connectivity index is 2.34. The summed E-state index contributed by atoms with van der Waals surface area (Å²) < 4.78 is 18.0. The van der Waals surface area contributed by atoms with Crippen molar-refractivity contribution in [3.05, 3.63) is 0 Å². The largest absolute Gasteiger partial charge is 0.377 e. The average molecular weight is 217 g/mol. The second-order valence-electron chi connectivity index (χ2n) is 4.68. The molecule has 0 saturated carbocycles. The molecule has 0 spiro atoms. The summed E-state index contributed by atoms with van der Waals surface area (Å²) in [6, 6.07) is 0.467. The third kappa shape index (κ3) is 3.72. The number of ether oxygens (including phenoxy) is 1. The molecule has 1 aliphatic rings. The summed E-state index contributed by atoms with van der Waals surface area (Å²) in [7, 11) is 0. The Morgan fingerprint density at radius 2 is 2.00 bits per heavy atom. The molecule has 0 aromatic carbocycles. The van der Waals surface area contributed by atoms with Gasteiger partial charge < -0.3 is 10.1 Å². The van der Waals surface area contributed by atoms with E-state index in [0.29, 0.717) is 19.3 Å². The van der Waals surface area contributed by atoms with Crippen LogP contribution in [0.3, 0.4) is 0 Å². The van der Waals surface area contributed by atoms with Gasteiger partial charge in [-0.1, -0.05) is 33.1 Å². The lowest BCUT2D eigenvalue weighted by Gasteiger charge is -2.42. The first kappa shape index (κ1) is 12.9. The molecule has 1 rings (SSSR count). The minimum absolute atomic E-state index is 0.306. The highest BCUT2D eigenvalue weighted by Crippen LogP contribution is 2.21. The molecule has 0 aromatic heterocycles. The maximum absolute atomic E-state index is 12.9. The molecule has 3 heteroatoms. The van der Waals surface area contributed by atoms with Crippen LogP contribution in [0.15, 0.2) is 0 Å². The van der Waals surface area contributed by atoms with Gasteiger partial charge in [-0.25, -0.2) is 4.39 Å². The second-order valence-corrected chi connectivity index (χ2v) is 4.68. The summed E-state index contributed by atoms with van der Waals surface area (Å²) in [6.45, 7) is 5.14. The molecule has 1 N–H and O–H groups in total. The first-order valence-corrected chi connectivity index (χ1v) is 6.17. The Morgan fingerprint density at radius 1 is 1.27 bits per heavy atom. The highest BCUT2D eigenvalue weighted by Gasteiger charge is 2.39. The van der Waals surface area contributed by atoms with E-state index in [1.165, 1.54) is 12.8 Å². The zero-order valence-corrected chi connectivity index (χ0v) is 10.0. The summed E-state index contributed by atoms with van der Waals surface area (Å²) >= 11 is 0. The van der Waals surface area contributed by atoms with Crippen LogP contribution >= 0.6 is 0 Å². The van der Waals surface area contributed by atoms with E-state index in [0.717, 1.165) is 19.3 Å². The summed E-state index contributed by atoms with van der Waals surface area (Å²) in [4.78, 5) is 0. The van der Waals surface area contributed by atoms with Crippen LogP contribution in [0.1, 0.15) is 46.0 Å². The highest BCUT2D eigenvalue weighted by molar-refractivity contribution is 4.96. The van der Waals surface area contributed by atoms with Crippen molar-refractivity contribution in [2.45, 2.75) is 57.5 Å². The average Bonchev–Trinajstić information content (AvgIpc) is 2.20. The third-order valence-corrected chi connectivity index (χ3v) is 3.07. The predicted octanol–water partition coefficient (Wildman–Crippen LogP) is 2.67. The number of unbranched alkanes of at least 4 members (excludes halogenated alkanes) is 1. The van der Waals surface area contributed by atoms with Gasteiger partial charge in [0.2, 0.25) is 0 Å². The van der Waals surface area contributed by atoms with Crippen LogP contribution < -0.4 is 5.32 Å². The Kier molecular flexibility index (Phi) is 5.54. The number of hydrogen-bond acceptors (Lipinski definition) is 2. The van der Waals surface area contributed by atoms with Gasteiger partial charge in [0.15, 0.2) is 0 Å². The van der Waals surface area contributed by atoms with Crippen LogP contribution in [0.2, 0.25) is 0 Å². The Morgan fingerprint density at radius 3 is 2.40 bits per heavy atom. The van der Waals surface area contributed by atoms with E-state index < -0.39 is 0 Å². The van der Waals surface area contributed by atoms with E-state index >= 15 is 0 Å². The highest BCUT2D eigenvalue weighted by atomic mass is 19.1. The molecule has 0 radical (unpaired) electrons. The van der Waals surface area contributed by atoms with Gasteiger partial charge in [-0.3, -0.25) is 0 Å². The molecule has 1 saturated heterocycles. The van der Waals surface area contributed by atoms with Crippen LogP contribution in [-0.4, -0.2) is 31.5 Å². The predicted molar refractivity (Wildman–Crippen MR) is 60.9 cm³/mol. The molecule has 1 aliphatic heterocycles. The summed E-state index contributed by atoms with van der Waals surface area (Å²) in [5.41, 5.74) is -0.354. The molecule has 90 valence electrons. The fraction of sp³-hybridized carbons (Fsp3) is 1.00. The Hall–Kier alpha value is -0.150. The molecular formula is C12H24FNO. The smallest absolute Gasteiger partial charge is 0.112 e. The molecule has 15 heavy (non-hydrogen) atoms. The number of alkyl halides is 1. The van der Waals surface area contributed by atoms with E-state index in [-0.39, 0.29) is 12.2 Å². The molecule has 1 atom stereocenters. The lowest BCUT2D eigenvalue weighted by Crippen LogP contribution is -2.64. The molecule has 0 amide bonds. The lowest BCUT2D eigenvalue weighted by atomic mass is 9.95. The zero-order valence-electron chi connectivity index (χ0n) is 10.0. The van der Waals surface area contributed by atoms with Crippen molar-refractivity contribution in [2.75, 3.05) is 19.9 Å². The quantitative estimate of drug-likeness (QED) is 0.675. The standard InChI is InChI=1S/C12H24FNO/c1-3-5-7-11(6-4-2)14-12(8-13)9-15-10-12/h11,14H,3-10H2,1-2H3/t11-/m0/s1. The van der Waals surface area contributed by atoms with Crippen LogP contribution in [0, 0.1) is 0 Å². The maximum atomic E-state index is 12.9. The fourth-order valence-electron chi connectivity index (χ4n) is 2.07. The van der Waals surface area contributed by atoms with Gasteiger partial charge in [0.25, 0.3) is 0 Å². The van der Waals surface area contributed by atoms with Crippen LogP contribution in [0.4, 0.5) is 4.39 Å². The Labute approximate surface area is 92.6 Å². The van der Waals surface area contributed by atoms with Gasteiger partial charge in [-0.05, 0) is 12.8 Å². The minimum Gasteiger partial charge on any atom is -0.377 e. The van der Waals surface area contributed by atoms with E-state index in [2.05, 4.69) is 19.2 Å². The molecule has 0 bridgehead atoms. The Bertz CT molecular complexity index is 165. The summed E-state index contributed by atoms with van der Waals surface area (Å²) in [5.74, 6) is 0. The van der Waals surface area contributed by atoms with Gasteiger partial charge in [-0.2, -0.15) is 0 Å². The number of rotatable bonds is 8. The molecule has 0 aliphatic carbocycles. The van der Waals surface area contributed by atoms with Crippen molar-refractivity contribution in [3.8, 4) is 0 Å². The molecule has 0 unspecified atom stereocenters. The van der Waals surface area contributed by atoms with Crippen molar-refractivity contribution in [2.24, 2.45) is 0 Å². The number of halogens is 1.